The molecule has 0 saturated carbocycles. The van der Waals surface area contributed by atoms with Crippen LogP contribution in [-0.2, 0) is 0 Å². The van der Waals surface area contributed by atoms with E-state index >= 15 is 0 Å². The second kappa shape index (κ2) is 6.66. The van der Waals surface area contributed by atoms with Gasteiger partial charge in [-0.1, -0.05) is 35.0 Å². The van der Waals surface area contributed by atoms with Crippen molar-refractivity contribution in [3.05, 3.63) is 34.3 Å². The molecule has 100 valence electrons. The summed E-state index contributed by atoms with van der Waals surface area (Å²) in [6, 6.07) is 7.93. The highest BCUT2D eigenvalue weighted by Crippen LogP contribution is 2.19. The van der Waals surface area contributed by atoms with Crippen LogP contribution in [-0.4, -0.2) is 54.2 Å². The number of benzene rings is 1. The molecule has 1 N–H and O–H groups in total. The van der Waals surface area contributed by atoms with Gasteiger partial charge in [0.1, 0.15) is 0 Å². The van der Waals surface area contributed by atoms with Crippen LogP contribution in [0.3, 0.4) is 0 Å². The average molecular weight is 313 g/mol. The number of hydrogen-bond donors (Lipinski definition) is 1. The largest absolute Gasteiger partial charge is 0.387 e. The van der Waals surface area contributed by atoms with Crippen LogP contribution in [0.25, 0.3) is 0 Å². The molecule has 1 aliphatic heterocycles. The zero-order chi connectivity index (χ0) is 13.0. The molecule has 0 radical (unpaired) electrons. The summed E-state index contributed by atoms with van der Waals surface area (Å²) in [6.45, 7) is 8.39. The Morgan fingerprint density at radius 3 is 2.50 bits per heavy atom. The van der Waals surface area contributed by atoms with E-state index < -0.39 is 6.10 Å². The zero-order valence-corrected chi connectivity index (χ0v) is 12.4. The smallest absolute Gasteiger partial charge is 0.0917 e. The Bertz CT molecular complexity index is 378. The highest BCUT2D eigenvalue weighted by molar-refractivity contribution is 9.10. The topological polar surface area (TPSA) is 26.7 Å². The Kier molecular flexibility index (Phi) is 5.18. The minimum absolute atomic E-state index is 0.393. The van der Waals surface area contributed by atoms with Crippen LogP contribution < -0.4 is 0 Å². The first-order valence-corrected chi connectivity index (χ1v) is 7.36. The molecule has 1 aliphatic rings. The fourth-order valence-electron chi connectivity index (χ4n) is 2.35. The van der Waals surface area contributed by atoms with Gasteiger partial charge in [0.15, 0.2) is 0 Å². The quantitative estimate of drug-likeness (QED) is 0.922. The molecule has 1 unspecified atom stereocenters. The number of hydrogen-bond acceptors (Lipinski definition) is 3. The van der Waals surface area contributed by atoms with Gasteiger partial charge in [0.2, 0.25) is 0 Å². The molecule has 0 amide bonds. The van der Waals surface area contributed by atoms with E-state index in [1.54, 1.807) is 0 Å². The predicted molar refractivity (Wildman–Crippen MR) is 77.7 cm³/mol. The van der Waals surface area contributed by atoms with Gasteiger partial charge in [0.25, 0.3) is 0 Å². The molecule has 1 saturated heterocycles. The van der Waals surface area contributed by atoms with Gasteiger partial charge in [0, 0.05) is 37.2 Å². The number of β-amino-alcohol motifs (C(OH)–C–C–N with tert-alkyl or cyclic N) is 1. The van der Waals surface area contributed by atoms with Crippen LogP contribution in [0.15, 0.2) is 28.7 Å². The fraction of sp³-hybridized carbons (Fsp3) is 0.571. The van der Waals surface area contributed by atoms with E-state index in [2.05, 4.69) is 32.7 Å². The second-order valence-electron chi connectivity index (χ2n) is 4.81. The predicted octanol–water partition coefficient (Wildman–Crippen LogP) is 2.12. The standard InChI is InChI=1S/C14H21BrN2O/c1-2-16-6-8-17(9-7-16)11-14(18)12-4-3-5-13(15)10-12/h3-5,10,14,18H,2,6-9,11H2,1H3. The molecule has 1 atom stereocenters. The number of rotatable bonds is 4. The second-order valence-corrected chi connectivity index (χ2v) is 5.72. The third-order valence-corrected chi connectivity index (χ3v) is 4.07. The van der Waals surface area contributed by atoms with E-state index in [0.29, 0.717) is 0 Å². The molecule has 0 bridgehead atoms. The van der Waals surface area contributed by atoms with Crippen LogP contribution in [0.5, 0.6) is 0 Å². The molecule has 0 spiro atoms. The maximum Gasteiger partial charge on any atom is 0.0917 e. The summed E-state index contributed by atoms with van der Waals surface area (Å²) in [5, 5.41) is 10.2. The van der Waals surface area contributed by atoms with E-state index in [9.17, 15) is 5.11 Å². The van der Waals surface area contributed by atoms with Crippen molar-refractivity contribution < 1.29 is 5.11 Å². The molecular weight excluding hydrogens is 292 g/mol. The first-order chi connectivity index (χ1) is 8.69. The Morgan fingerprint density at radius 1 is 1.22 bits per heavy atom. The summed E-state index contributed by atoms with van der Waals surface area (Å²) >= 11 is 3.44. The van der Waals surface area contributed by atoms with Gasteiger partial charge in [-0.05, 0) is 24.2 Å². The molecule has 4 heteroatoms. The van der Waals surface area contributed by atoms with E-state index in [1.165, 1.54) is 0 Å². The van der Waals surface area contributed by atoms with Crippen molar-refractivity contribution in [1.82, 2.24) is 9.80 Å². The molecule has 2 rings (SSSR count). The molecule has 1 aromatic rings. The molecule has 3 nitrogen and oxygen atoms in total. The summed E-state index contributed by atoms with van der Waals surface area (Å²) in [4.78, 5) is 4.79. The van der Waals surface area contributed by atoms with Gasteiger partial charge in [-0.25, -0.2) is 0 Å². The molecule has 1 aromatic carbocycles. The molecule has 1 fully saturated rings. The summed E-state index contributed by atoms with van der Waals surface area (Å²) < 4.78 is 1.02. The molecule has 18 heavy (non-hydrogen) atoms. The molecule has 1 heterocycles. The molecule has 0 aromatic heterocycles. The molecular formula is C14H21BrN2O. The van der Waals surface area contributed by atoms with Crippen molar-refractivity contribution in [2.75, 3.05) is 39.3 Å². The number of piperazine rings is 1. The van der Waals surface area contributed by atoms with Gasteiger partial charge in [0.05, 0.1) is 6.10 Å². The van der Waals surface area contributed by atoms with Crippen molar-refractivity contribution in [2.24, 2.45) is 0 Å². The maximum absolute atomic E-state index is 10.2. The fourth-order valence-corrected chi connectivity index (χ4v) is 2.77. The summed E-state index contributed by atoms with van der Waals surface area (Å²) in [6.07, 6.45) is -0.393. The normalized spacial score (nSPS) is 19.9. The van der Waals surface area contributed by atoms with Crippen LogP contribution in [0.1, 0.15) is 18.6 Å². The lowest BCUT2D eigenvalue weighted by Crippen LogP contribution is -2.47. The third kappa shape index (κ3) is 3.79. The van der Waals surface area contributed by atoms with Crippen molar-refractivity contribution >= 4 is 15.9 Å². The lowest BCUT2D eigenvalue weighted by Gasteiger charge is -2.35. The van der Waals surface area contributed by atoms with Crippen molar-refractivity contribution in [2.45, 2.75) is 13.0 Å². The van der Waals surface area contributed by atoms with E-state index in [-0.39, 0.29) is 0 Å². The van der Waals surface area contributed by atoms with Crippen molar-refractivity contribution in [1.29, 1.82) is 0 Å². The number of nitrogens with zero attached hydrogens (tertiary/aromatic N) is 2. The van der Waals surface area contributed by atoms with E-state index in [0.717, 1.165) is 49.3 Å². The Labute approximate surface area is 118 Å². The van der Waals surface area contributed by atoms with Crippen LogP contribution in [0.4, 0.5) is 0 Å². The first-order valence-electron chi connectivity index (χ1n) is 6.57. The molecule has 0 aliphatic carbocycles. The minimum atomic E-state index is -0.393. The van der Waals surface area contributed by atoms with Crippen LogP contribution in [0.2, 0.25) is 0 Å². The highest BCUT2D eigenvalue weighted by atomic mass is 79.9. The van der Waals surface area contributed by atoms with Gasteiger partial charge in [-0.3, -0.25) is 4.90 Å². The maximum atomic E-state index is 10.2. The van der Waals surface area contributed by atoms with Gasteiger partial charge in [-0.15, -0.1) is 0 Å². The number of aliphatic hydroxyl groups excluding tert-OH is 1. The van der Waals surface area contributed by atoms with Gasteiger partial charge < -0.3 is 10.0 Å². The van der Waals surface area contributed by atoms with Crippen molar-refractivity contribution in [3.8, 4) is 0 Å². The Morgan fingerprint density at radius 2 is 1.89 bits per heavy atom. The zero-order valence-electron chi connectivity index (χ0n) is 10.8. The lowest BCUT2D eigenvalue weighted by atomic mass is 10.1. The van der Waals surface area contributed by atoms with E-state index in [4.69, 9.17) is 0 Å². The summed E-state index contributed by atoms with van der Waals surface area (Å²) in [5.74, 6) is 0. The van der Waals surface area contributed by atoms with Crippen LogP contribution in [0, 0.1) is 0 Å². The number of likely N-dealkylation sites (N-methyl/N-ethyl adjacent to an activating group) is 1. The lowest BCUT2D eigenvalue weighted by molar-refractivity contribution is 0.0744. The highest BCUT2D eigenvalue weighted by Gasteiger charge is 2.18. The van der Waals surface area contributed by atoms with E-state index in [1.807, 2.05) is 24.3 Å². The summed E-state index contributed by atoms with van der Waals surface area (Å²) in [7, 11) is 0. The van der Waals surface area contributed by atoms with Gasteiger partial charge in [-0.2, -0.15) is 0 Å². The Balaban J connectivity index is 1.86. The van der Waals surface area contributed by atoms with Crippen molar-refractivity contribution in [3.63, 3.8) is 0 Å². The van der Waals surface area contributed by atoms with Crippen LogP contribution >= 0.6 is 15.9 Å². The number of halogens is 1. The monoisotopic (exact) mass is 312 g/mol. The third-order valence-electron chi connectivity index (χ3n) is 3.58. The SMILES string of the molecule is CCN1CCN(CC(O)c2cccc(Br)c2)CC1. The summed E-state index contributed by atoms with van der Waals surface area (Å²) in [5.41, 5.74) is 0.988. The van der Waals surface area contributed by atoms with Gasteiger partial charge >= 0.3 is 0 Å². The first kappa shape index (κ1) is 14.0. The average Bonchev–Trinajstić information content (AvgIpc) is 2.39. The minimum Gasteiger partial charge on any atom is -0.387 e. The Hall–Kier alpha value is -0.420. The number of aliphatic hydroxyl groups is 1.